The normalized spacial score (nSPS) is 11.0. The fourth-order valence-corrected chi connectivity index (χ4v) is 2.18. The van der Waals surface area contributed by atoms with E-state index >= 15 is 0 Å². The number of allylic oxidation sites excluding steroid dienone is 1. The second-order valence-electron chi connectivity index (χ2n) is 4.14. The van der Waals surface area contributed by atoms with Crippen molar-refractivity contribution in [2.75, 3.05) is 0 Å². The fraction of sp³-hybridized carbons (Fsp3) is 0. The first-order valence-electron chi connectivity index (χ1n) is 5.83. The van der Waals surface area contributed by atoms with Crippen LogP contribution in [0.4, 0.5) is 5.69 Å². The molecule has 2 aromatic rings. The number of hydrogen-bond donors (Lipinski definition) is 0. The molecule has 0 aliphatic carbocycles. The molecule has 0 aromatic heterocycles. The summed E-state index contributed by atoms with van der Waals surface area (Å²) < 4.78 is 0. The lowest BCUT2D eigenvalue weighted by molar-refractivity contribution is -0.384. The topological polar surface area (TPSA) is 66.9 Å². The van der Waals surface area contributed by atoms with E-state index in [9.17, 15) is 15.4 Å². The van der Waals surface area contributed by atoms with Crippen LogP contribution in [0.25, 0.3) is 11.6 Å². The number of rotatable bonds is 3. The Morgan fingerprint density at radius 2 is 1.86 bits per heavy atom. The Kier molecular flexibility index (Phi) is 4.59. The number of nitrogens with zero attached hydrogens (tertiary/aromatic N) is 2. The van der Waals surface area contributed by atoms with Gasteiger partial charge in [0.2, 0.25) is 0 Å². The van der Waals surface area contributed by atoms with Gasteiger partial charge in [-0.1, -0.05) is 29.3 Å². The van der Waals surface area contributed by atoms with E-state index in [-0.39, 0.29) is 5.69 Å². The third kappa shape index (κ3) is 3.60. The maximum Gasteiger partial charge on any atom is 0.269 e. The highest BCUT2D eigenvalue weighted by Gasteiger charge is 2.08. The summed E-state index contributed by atoms with van der Waals surface area (Å²) in [6.45, 7) is 0. The molecule has 104 valence electrons. The van der Waals surface area contributed by atoms with E-state index in [2.05, 4.69) is 6.07 Å². The molecular weight excluding hydrogens is 311 g/mol. The van der Waals surface area contributed by atoms with Gasteiger partial charge in [-0.05, 0) is 41.5 Å². The first-order valence-corrected chi connectivity index (χ1v) is 6.58. The smallest absolute Gasteiger partial charge is 0.258 e. The Labute approximate surface area is 131 Å². The molecule has 0 atom stereocenters. The SMILES string of the molecule is N#CC(=Cc1ccc(Cl)cc1Cl)c1ccc([N+](=O)[O-])cc1. The molecule has 4 nitrogen and oxygen atoms in total. The number of nitro groups is 1. The van der Waals surface area contributed by atoms with Crippen LogP contribution in [-0.4, -0.2) is 4.92 Å². The van der Waals surface area contributed by atoms with Gasteiger partial charge < -0.3 is 0 Å². The van der Waals surface area contributed by atoms with Crippen molar-refractivity contribution in [2.24, 2.45) is 0 Å². The summed E-state index contributed by atoms with van der Waals surface area (Å²) in [4.78, 5) is 10.1. The minimum Gasteiger partial charge on any atom is -0.258 e. The van der Waals surface area contributed by atoms with Crippen LogP contribution in [0.2, 0.25) is 10.0 Å². The van der Waals surface area contributed by atoms with Gasteiger partial charge in [0, 0.05) is 22.2 Å². The molecule has 0 aliphatic heterocycles. The molecule has 0 aliphatic rings. The Hall–Kier alpha value is -2.35. The van der Waals surface area contributed by atoms with Crippen LogP contribution in [0.15, 0.2) is 42.5 Å². The van der Waals surface area contributed by atoms with E-state index in [4.69, 9.17) is 23.2 Å². The highest BCUT2D eigenvalue weighted by atomic mass is 35.5. The first-order chi connectivity index (χ1) is 10.0. The summed E-state index contributed by atoms with van der Waals surface area (Å²) in [6, 6.07) is 12.8. The first kappa shape index (κ1) is 15.0. The molecule has 2 rings (SSSR count). The maximum atomic E-state index is 10.6. The van der Waals surface area contributed by atoms with E-state index in [0.717, 1.165) is 0 Å². The molecule has 0 fully saturated rings. The van der Waals surface area contributed by atoms with Gasteiger partial charge in [-0.3, -0.25) is 10.1 Å². The van der Waals surface area contributed by atoms with Crippen LogP contribution in [0.1, 0.15) is 11.1 Å². The lowest BCUT2D eigenvalue weighted by Crippen LogP contribution is -1.88. The van der Waals surface area contributed by atoms with Gasteiger partial charge in [-0.2, -0.15) is 5.26 Å². The summed E-state index contributed by atoms with van der Waals surface area (Å²) >= 11 is 11.9. The van der Waals surface area contributed by atoms with Gasteiger partial charge in [0.05, 0.1) is 16.6 Å². The quantitative estimate of drug-likeness (QED) is 0.347. The van der Waals surface area contributed by atoms with Gasteiger partial charge in [0.1, 0.15) is 0 Å². The molecule has 0 saturated carbocycles. The van der Waals surface area contributed by atoms with Gasteiger partial charge >= 0.3 is 0 Å². The molecule has 0 spiro atoms. The summed E-state index contributed by atoms with van der Waals surface area (Å²) in [7, 11) is 0. The number of nitriles is 1. The number of halogens is 2. The standard InChI is InChI=1S/C15H8Cl2N2O2/c16-13-4-1-11(15(17)8-13)7-12(9-18)10-2-5-14(6-3-10)19(20)21/h1-8H. The summed E-state index contributed by atoms with van der Waals surface area (Å²) in [5, 5.41) is 20.8. The van der Waals surface area contributed by atoms with Crippen molar-refractivity contribution >= 4 is 40.5 Å². The summed E-state index contributed by atoms with van der Waals surface area (Å²) in [6.07, 6.45) is 1.61. The van der Waals surface area contributed by atoms with Crippen LogP contribution in [0.5, 0.6) is 0 Å². The molecule has 0 bridgehead atoms. The molecule has 0 unspecified atom stereocenters. The third-order valence-corrected chi connectivity index (χ3v) is 3.33. The van der Waals surface area contributed by atoms with Crippen LogP contribution in [0, 0.1) is 21.4 Å². The average molecular weight is 319 g/mol. The summed E-state index contributed by atoms with van der Waals surface area (Å²) in [5.41, 5.74) is 1.56. The second-order valence-corrected chi connectivity index (χ2v) is 4.98. The minimum atomic E-state index is -0.490. The van der Waals surface area contributed by atoms with Crippen molar-refractivity contribution in [3.63, 3.8) is 0 Å². The van der Waals surface area contributed by atoms with Gasteiger partial charge in [-0.15, -0.1) is 0 Å². The molecule has 0 N–H and O–H groups in total. The zero-order chi connectivity index (χ0) is 15.4. The highest BCUT2D eigenvalue weighted by molar-refractivity contribution is 6.35. The van der Waals surface area contributed by atoms with E-state index in [1.807, 2.05) is 0 Å². The van der Waals surface area contributed by atoms with Crippen molar-refractivity contribution in [1.82, 2.24) is 0 Å². The lowest BCUT2D eigenvalue weighted by atomic mass is 10.0. The predicted molar refractivity (Wildman–Crippen MR) is 83.0 cm³/mol. The fourth-order valence-electron chi connectivity index (χ4n) is 1.72. The van der Waals surface area contributed by atoms with E-state index < -0.39 is 4.92 Å². The van der Waals surface area contributed by atoms with Crippen molar-refractivity contribution in [1.29, 1.82) is 5.26 Å². The maximum absolute atomic E-state index is 10.6. The average Bonchev–Trinajstić information content (AvgIpc) is 2.47. The molecular formula is C15H8Cl2N2O2. The molecule has 2 aromatic carbocycles. The van der Waals surface area contributed by atoms with Crippen molar-refractivity contribution in [3.8, 4) is 6.07 Å². The van der Waals surface area contributed by atoms with Crippen LogP contribution < -0.4 is 0 Å². The van der Waals surface area contributed by atoms with Gasteiger partial charge in [0.25, 0.3) is 5.69 Å². The van der Waals surface area contributed by atoms with Crippen molar-refractivity contribution < 1.29 is 4.92 Å². The van der Waals surface area contributed by atoms with Gasteiger partial charge in [-0.25, -0.2) is 0 Å². The molecule has 0 radical (unpaired) electrons. The molecule has 6 heteroatoms. The molecule has 0 amide bonds. The Bertz CT molecular complexity index is 762. The largest absolute Gasteiger partial charge is 0.269 e. The monoisotopic (exact) mass is 318 g/mol. The number of nitro benzene ring substituents is 1. The molecule has 21 heavy (non-hydrogen) atoms. The lowest BCUT2D eigenvalue weighted by Gasteiger charge is -2.02. The Balaban J connectivity index is 2.41. The number of hydrogen-bond acceptors (Lipinski definition) is 3. The van der Waals surface area contributed by atoms with E-state index in [0.29, 0.717) is 26.7 Å². The zero-order valence-corrected chi connectivity index (χ0v) is 12.1. The number of non-ortho nitro benzene ring substituents is 1. The zero-order valence-electron chi connectivity index (χ0n) is 10.6. The van der Waals surface area contributed by atoms with E-state index in [1.54, 1.807) is 24.3 Å². The Morgan fingerprint density at radius 1 is 1.19 bits per heavy atom. The predicted octanol–water partition coefficient (Wildman–Crippen LogP) is 4.97. The number of benzene rings is 2. The van der Waals surface area contributed by atoms with Crippen molar-refractivity contribution in [2.45, 2.75) is 0 Å². The molecule has 0 heterocycles. The van der Waals surface area contributed by atoms with Crippen LogP contribution in [-0.2, 0) is 0 Å². The third-order valence-electron chi connectivity index (χ3n) is 2.77. The van der Waals surface area contributed by atoms with E-state index in [1.165, 1.54) is 24.3 Å². The minimum absolute atomic E-state index is 0.0273. The van der Waals surface area contributed by atoms with Crippen molar-refractivity contribution in [3.05, 3.63) is 73.8 Å². The van der Waals surface area contributed by atoms with Crippen LogP contribution in [0.3, 0.4) is 0 Å². The van der Waals surface area contributed by atoms with Gasteiger partial charge in [0.15, 0.2) is 0 Å². The van der Waals surface area contributed by atoms with Crippen LogP contribution >= 0.6 is 23.2 Å². The second kappa shape index (κ2) is 6.40. The highest BCUT2D eigenvalue weighted by Crippen LogP contribution is 2.26. The molecule has 0 saturated heterocycles. The summed E-state index contributed by atoms with van der Waals surface area (Å²) in [5.74, 6) is 0. The Morgan fingerprint density at radius 3 is 2.38 bits per heavy atom.